The van der Waals surface area contributed by atoms with Gasteiger partial charge >= 0.3 is 12.1 Å². The van der Waals surface area contributed by atoms with E-state index in [1.165, 1.54) is 14.2 Å². The Bertz CT molecular complexity index is 862. The van der Waals surface area contributed by atoms with Gasteiger partial charge in [-0.15, -0.1) is 0 Å². The van der Waals surface area contributed by atoms with Crippen LogP contribution in [0.2, 0.25) is 0 Å². The third-order valence-electron chi connectivity index (χ3n) is 5.61. The first kappa shape index (κ1) is 20.9. The number of carboxylic acid groups (broad SMARTS) is 1. The van der Waals surface area contributed by atoms with Crippen LogP contribution in [0.25, 0.3) is 11.1 Å². The molecule has 0 fully saturated rings. The van der Waals surface area contributed by atoms with Crippen LogP contribution in [0.1, 0.15) is 37.3 Å². The van der Waals surface area contributed by atoms with Crippen LogP contribution < -0.4 is 0 Å². The standard InChI is InChI=1S/C23H27NO5/c1-23(2,28-4)13-20(21(25)26)24(3)22(27)29-14-19-17-11-7-5-9-15(17)16-10-6-8-12-18(16)19/h5-12,19-20H,13-14H2,1-4H3,(H,25,26). The molecular formula is C23H27NO5. The molecule has 0 spiro atoms. The lowest BCUT2D eigenvalue weighted by Gasteiger charge is -2.31. The van der Waals surface area contributed by atoms with Crippen molar-refractivity contribution in [2.45, 2.75) is 37.8 Å². The lowest BCUT2D eigenvalue weighted by Crippen LogP contribution is -2.47. The summed E-state index contributed by atoms with van der Waals surface area (Å²) < 4.78 is 10.9. The van der Waals surface area contributed by atoms with E-state index in [1.54, 1.807) is 13.8 Å². The third kappa shape index (κ3) is 4.27. The molecule has 3 rings (SSSR count). The van der Waals surface area contributed by atoms with Gasteiger partial charge < -0.3 is 14.6 Å². The van der Waals surface area contributed by atoms with Crippen LogP contribution in [0.4, 0.5) is 4.79 Å². The number of carbonyl (C=O) groups excluding carboxylic acids is 1. The molecule has 29 heavy (non-hydrogen) atoms. The summed E-state index contributed by atoms with van der Waals surface area (Å²) in [5, 5.41) is 9.59. The number of hydrogen-bond acceptors (Lipinski definition) is 4. The maximum Gasteiger partial charge on any atom is 0.410 e. The fraction of sp³-hybridized carbons (Fsp3) is 0.391. The van der Waals surface area contributed by atoms with E-state index in [4.69, 9.17) is 9.47 Å². The van der Waals surface area contributed by atoms with Gasteiger partial charge in [0.2, 0.25) is 0 Å². The second kappa shape index (κ2) is 8.25. The Balaban J connectivity index is 1.74. The molecule has 154 valence electrons. The maximum absolute atomic E-state index is 12.6. The second-order valence-electron chi connectivity index (χ2n) is 7.94. The van der Waals surface area contributed by atoms with Crippen LogP contribution in [-0.2, 0) is 14.3 Å². The summed E-state index contributed by atoms with van der Waals surface area (Å²) >= 11 is 0. The van der Waals surface area contributed by atoms with Crippen molar-refractivity contribution in [3.8, 4) is 11.1 Å². The van der Waals surface area contributed by atoms with Crippen LogP contribution in [0.5, 0.6) is 0 Å². The highest BCUT2D eigenvalue weighted by Crippen LogP contribution is 2.44. The van der Waals surface area contributed by atoms with Crippen molar-refractivity contribution >= 4 is 12.1 Å². The first-order chi connectivity index (χ1) is 13.7. The van der Waals surface area contributed by atoms with Crippen LogP contribution in [0.15, 0.2) is 48.5 Å². The Morgan fingerprint density at radius 3 is 2.07 bits per heavy atom. The number of hydrogen-bond donors (Lipinski definition) is 1. The molecule has 2 aromatic rings. The van der Waals surface area contributed by atoms with Crippen molar-refractivity contribution in [3.05, 3.63) is 59.7 Å². The molecule has 0 saturated heterocycles. The number of rotatable bonds is 7. The minimum absolute atomic E-state index is 0.0709. The molecule has 6 nitrogen and oxygen atoms in total. The number of nitrogens with zero attached hydrogens (tertiary/aromatic N) is 1. The highest BCUT2D eigenvalue weighted by Gasteiger charge is 2.35. The van der Waals surface area contributed by atoms with Crippen LogP contribution in [-0.4, -0.2) is 54.5 Å². The van der Waals surface area contributed by atoms with Crippen molar-refractivity contribution in [1.29, 1.82) is 0 Å². The topological polar surface area (TPSA) is 76.1 Å². The van der Waals surface area contributed by atoms with Gasteiger partial charge in [-0.25, -0.2) is 9.59 Å². The predicted molar refractivity (Wildman–Crippen MR) is 110 cm³/mol. The van der Waals surface area contributed by atoms with Crippen molar-refractivity contribution in [1.82, 2.24) is 4.90 Å². The number of ether oxygens (including phenoxy) is 2. The number of aliphatic carboxylic acids is 1. The summed E-state index contributed by atoms with van der Waals surface area (Å²) in [6.07, 6.45) is -0.509. The smallest absolute Gasteiger partial charge is 0.410 e. The monoisotopic (exact) mass is 397 g/mol. The summed E-state index contributed by atoms with van der Waals surface area (Å²) in [6.45, 7) is 3.72. The molecule has 0 aliphatic heterocycles. The number of methoxy groups -OCH3 is 1. The fourth-order valence-corrected chi connectivity index (χ4v) is 3.76. The lowest BCUT2D eigenvalue weighted by molar-refractivity contribution is -0.145. The molecule has 1 aliphatic carbocycles. The van der Waals surface area contributed by atoms with E-state index in [1.807, 2.05) is 36.4 Å². The summed E-state index contributed by atoms with van der Waals surface area (Å²) in [7, 11) is 2.97. The number of fused-ring (bicyclic) bond motifs is 3. The van der Waals surface area contributed by atoms with Crippen LogP contribution in [0.3, 0.4) is 0 Å². The van der Waals surface area contributed by atoms with Gasteiger partial charge in [-0.05, 0) is 36.1 Å². The van der Waals surface area contributed by atoms with Crippen molar-refractivity contribution in [2.24, 2.45) is 0 Å². The van der Waals surface area contributed by atoms with Crippen LogP contribution >= 0.6 is 0 Å². The number of benzene rings is 2. The first-order valence-electron chi connectivity index (χ1n) is 9.61. The molecule has 0 radical (unpaired) electrons. The Labute approximate surface area is 171 Å². The van der Waals surface area contributed by atoms with Gasteiger partial charge in [0.1, 0.15) is 12.6 Å². The van der Waals surface area contributed by atoms with E-state index in [0.717, 1.165) is 27.2 Å². The minimum Gasteiger partial charge on any atom is -0.480 e. The van der Waals surface area contributed by atoms with E-state index in [-0.39, 0.29) is 18.9 Å². The largest absolute Gasteiger partial charge is 0.480 e. The predicted octanol–water partition coefficient (Wildman–Crippen LogP) is 4.14. The van der Waals surface area contributed by atoms with Gasteiger partial charge in [0.05, 0.1) is 5.60 Å². The third-order valence-corrected chi connectivity index (χ3v) is 5.61. The first-order valence-corrected chi connectivity index (χ1v) is 9.61. The summed E-state index contributed by atoms with van der Waals surface area (Å²) in [6, 6.07) is 15.1. The molecule has 1 aliphatic rings. The highest BCUT2D eigenvalue weighted by atomic mass is 16.6. The summed E-state index contributed by atoms with van der Waals surface area (Å²) in [5.74, 6) is -1.16. The van der Waals surface area contributed by atoms with E-state index in [0.29, 0.717) is 0 Å². The Morgan fingerprint density at radius 2 is 1.59 bits per heavy atom. The summed E-state index contributed by atoms with van der Waals surface area (Å²) in [4.78, 5) is 25.5. The number of amides is 1. The second-order valence-corrected chi connectivity index (χ2v) is 7.94. The molecule has 0 saturated carbocycles. The van der Waals surface area contributed by atoms with Crippen molar-refractivity contribution in [3.63, 3.8) is 0 Å². The SMILES string of the molecule is COC(C)(C)CC(C(=O)O)N(C)C(=O)OCC1c2ccccc2-c2ccccc21. The number of likely N-dealkylation sites (N-methyl/N-ethyl adjacent to an activating group) is 1. The molecule has 0 heterocycles. The Kier molecular flexibility index (Phi) is 5.94. The molecular weight excluding hydrogens is 370 g/mol. The zero-order chi connectivity index (χ0) is 21.2. The van der Waals surface area contributed by atoms with E-state index in [2.05, 4.69) is 12.1 Å². The molecule has 1 N–H and O–H groups in total. The fourth-order valence-electron chi connectivity index (χ4n) is 3.76. The molecule has 0 aromatic heterocycles. The molecule has 6 heteroatoms. The van der Waals surface area contributed by atoms with Gasteiger partial charge in [0.25, 0.3) is 0 Å². The van der Waals surface area contributed by atoms with Gasteiger partial charge in [-0.2, -0.15) is 0 Å². The highest BCUT2D eigenvalue weighted by molar-refractivity contribution is 5.81. The van der Waals surface area contributed by atoms with Crippen LogP contribution in [0, 0.1) is 0 Å². The quantitative estimate of drug-likeness (QED) is 0.760. The lowest BCUT2D eigenvalue weighted by atomic mass is 9.98. The molecule has 1 atom stereocenters. The van der Waals surface area contributed by atoms with Gasteiger partial charge in [0, 0.05) is 26.5 Å². The van der Waals surface area contributed by atoms with Crippen molar-refractivity contribution < 1.29 is 24.2 Å². The molecule has 1 unspecified atom stereocenters. The number of carboxylic acids is 1. The average molecular weight is 397 g/mol. The van der Waals surface area contributed by atoms with Gasteiger partial charge in [-0.1, -0.05) is 48.5 Å². The molecule has 1 amide bonds. The molecule has 0 bridgehead atoms. The van der Waals surface area contributed by atoms with Crippen molar-refractivity contribution in [2.75, 3.05) is 20.8 Å². The number of carbonyl (C=O) groups is 2. The zero-order valence-corrected chi connectivity index (χ0v) is 17.2. The summed E-state index contributed by atoms with van der Waals surface area (Å²) in [5.41, 5.74) is 3.82. The normalized spacial score (nSPS) is 14.1. The maximum atomic E-state index is 12.6. The van der Waals surface area contributed by atoms with E-state index < -0.39 is 23.7 Å². The Morgan fingerprint density at radius 1 is 1.07 bits per heavy atom. The van der Waals surface area contributed by atoms with Gasteiger partial charge in [-0.3, -0.25) is 4.90 Å². The molecule has 2 aromatic carbocycles. The van der Waals surface area contributed by atoms with E-state index >= 15 is 0 Å². The average Bonchev–Trinajstić information content (AvgIpc) is 3.03. The Hall–Kier alpha value is -2.86. The zero-order valence-electron chi connectivity index (χ0n) is 17.2. The minimum atomic E-state index is -1.09. The van der Waals surface area contributed by atoms with E-state index in [9.17, 15) is 14.7 Å². The van der Waals surface area contributed by atoms with Gasteiger partial charge in [0.15, 0.2) is 0 Å².